The summed E-state index contributed by atoms with van der Waals surface area (Å²) in [6.45, 7) is 4.73. The topological polar surface area (TPSA) is 37.8 Å². The van der Waals surface area contributed by atoms with Crippen LogP contribution in [0, 0.1) is 6.92 Å². The standard InChI is InChI=1S/C9H13N3/c1-3-4-5-10-9-11-6-8(2)7-12-9/h3-4,6-7H,5H2,1-2H3,(H,10,11,12)/b4-3-. The van der Waals surface area contributed by atoms with Crippen LogP contribution in [0.4, 0.5) is 5.95 Å². The van der Waals surface area contributed by atoms with E-state index in [1.807, 2.05) is 26.0 Å². The second-order valence-electron chi connectivity index (χ2n) is 2.53. The highest BCUT2D eigenvalue weighted by atomic mass is 15.1. The number of allylic oxidation sites excluding steroid dienone is 1. The minimum Gasteiger partial charge on any atom is -0.351 e. The van der Waals surface area contributed by atoms with Gasteiger partial charge in [0.2, 0.25) is 5.95 Å². The van der Waals surface area contributed by atoms with Gasteiger partial charge in [-0.1, -0.05) is 12.2 Å². The van der Waals surface area contributed by atoms with Crippen LogP contribution in [-0.4, -0.2) is 16.5 Å². The fourth-order valence-corrected chi connectivity index (χ4v) is 0.752. The van der Waals surface area contributed by atoms with E-state index in [-0.39, 0.29) is 0 Å². The molecule has 0 aromatic carbocycles. The van der Waals surface area contributed by atoms with E-state index >= 15 is 0 Å². The number of nitrogens with zero attached hydrogens (tertiary/aromatic N) is 2. The monoisotopic (exact) mass is 163 g/mol. The largest absolute Gasteiger partial charge is 0.351 e. The van der Waals surface area contributed by atoms with Crippen LogP contribution in [0.1, 0.15) is 12.5 Å². The number of aryl methyl sites for hydroxylation is 1. The lowest BCUT2D eigenvalue weighted by Crippen LogP contribution is -2.02. The van der Waals surface area contributed by atoms with Crippen molar-refractivity contribution in [2.45, 2.75) is 13.8 Å². The lowest BCUT2D eigenvalue weighted by Gasteiger charge is -1.99. The van der Waals surface area contributed by atoms with Gasteiger partial charge in [-0.3, -0.25) is 0 Å². The Morgan fingerprint density at radius 2 is 2.08 bits per heavy atom. The highest BCUT2D eigenvalue weighted by Gasteiger charge is 1.90. The molecule has 1 N–H and O–H groups in total. The molecule has 0 spiro atoms. The zero-order valence-corrected chi connectivity index (χ0v) is 7.41. The fraction of sp³-hybridized carbons (Fsp3) is 0.333. The Morgan fingerprint density at radius 1 is 1.42 bits per heavy atom. The number of hydrogen-bond acceptors (Lipinski definition) is 3. The molecule has 0 unspecified atom stereocenters. The van der Waals surface area contributed by atoms with Gasteiger partial charge in [0.1, 0.15) is 0 Å². The molecule has 0 saturated carbocycles. The highest BCUT2D eigenvalue weighted by Crippen LogP contribution is 1.97. The van der Waals surface area contributed by atoms with E-state index in [2.05, 4.69) is 15.3 Å². The van der Waals surface area contributed by atoms with Crippen LogP contribution in [0.15, 0.2) is 24.5 Å². The Labute approximate surface area is 72.6 Å². The van der Waals surface area contributed by atoms with E-state index < -0.39 is 0 Å². The molecule has 0 bridgehead atoms. The van der Waals surface area contributed by atoms with Crippen molar-refractivity contribution in [2.24, 2.45) is 0 Å². The molecule has 0 aliphatic carbocycles. The Kier molecular flexibility index (Phi) is 3.26. The Hall–Kier alpha value is -1.38. The van der Waals surface area contributed by atoms with E-state index in [0.29, 0.717) is 5.95 Å². The number of aromatic nitrogens is 2. The lowest BCUT2D eigenvalue weighted by atomic mass is 10.4. The molecule has 0 amide bonds. The zero-order chi connectivity index (χ0) is 8.81. The van der Waals surface area contributed by atoms with Crippen molar-refractivity contribution in [3.63, 3.8) is 0 Å². The third kappa shape index (κ3) is 2.70. The molecule has 1 heterocycles. The van der Waals surface area contributed by atoms with Gasteiger partial charge in [-0.05, 0) is 19.4 Å². The van der Waals surface area contributed by atoms with Crippen LogP contribution in [0.2, 0.25) is 0 Å². The Morgan fingerprint density at radius 3 is 2.67 bits per heavy atom. The molecule has 0 aliphatic heterocycles. The third-order valence-corrected chi connectivity index (χ3v) is 1.39. The molecule has 1 aromatic rings. The van der Waals surface area contributed by atoms with Crippen LogP contribution in [0.3, 0.4) is 0 Å². The first-order chi connectivity index (χ1) is 5.83. The summed E-state index contributed by atoms with van der Waals surface area (Å²) in [5, 5.41) is 3.06. The second-order valence-corrected chi connectivity index (χ2v) is 2.53. The minimum absolute atomic E-state index is 0.679. The van der Waals surface area contributed by atoms with Gasteiger partial charge in [0.25, 0.3) is 0 Å². The summed E-state index contributed by atoms with van der Waals surface area (Å²) in [4.78, 5) is 8.19. The molecule has 1 aromatic heterocycles. The summed E-state index contributed by atoms with van der Waals surface area (Å²) in [7, 11) is 0. The van der Waals surface area contributed by atoms with E-state index in [9.17, 15) is 0 Å². The first-order valence-electron chi connectivity index (χ1n) is 3.96. The van der Waals surface area contributed by atoms with E-state index in [1.165, 1.54) is 0 Å². The van der Waals surface area contributed by atoms with Crippen LogP contribution in [0.25, 0.3) is 0 Å². The first-order valence-corrected chi connectivity index (χ1v) is 3.96. The van der Waals surface area contributed by atoms with Crippen molar-refractivity contribution in [3.8, 4) is 0 Å². The average Bonchev–Trinajstić information content (AvgIpc) is 2.09. The third-order valence-electron chi connectivity index (χ3n) is 1.39. The van der Waals surface area contributed by atoms with Crippen molar-refractivity contribution in [1.29, 1.82) is 0 Å². The van der Waals surface area contributed by atoms with Gasteiger partial charge in [0.05, 0.1) is 0 Å². The van der Waals surface area contributed by atoms with Crippen LogP contribution in [-0.2, 0) is 0 Å². The molecule has 0 saturated heterocycles. The summed E-state index contributed by atoms with van der Waals surface area (Å²) >= 11 is 0. The van der Waals surface area contributed by atoms with Gasteiger partial charge >= 0.3 is 0 Å². The Bertz CT molecular complexity index is 251. The normalized spacial score (nSPS) is 10.5. The molecule has 3 heteroatoms. The minimum atomic E-state index is 0.679. The number of hydrogen-bond donors (Lipinski definition) is 1. The SMILES string of the molecule is C/C=C\CNc1ncc(C)cn1. The lowest BCUT2D eigenvalue weighted by molar-refractivity contribution is 1.09. The zero-order valence-electron chi connectivity index (χ0n) is 7.41. The smallest absolute Gasteiger partial charge is 0.222 e. The van der Waals surface area contributed by atoms with Crippen molar-refractivity contribution in [3.05, 3.63) is 30.1 Å². The summed E-state index contributed by atoms with van der Waals surface area (Å²) < 4.78 is 0. The first kappa shape index (κ1) is 8.71. The summed E-state index contributed by atoms with van der Waals surface area (Å²) in [6.07, 6.45) is 7.60. The summed E-state index contributed by atoms with van der Waals surface area (Å²) in [5.41, 5.74) is 1.08. The van der Waals surface area contributed by atoms with Gasteiger partial charge in [0, 0.05) is 18.9 Å². The van der Waals surface area contributed by atoms with E-state index in [4.69, 9.17) is 0 Å². The number of nitrogens with one attached hydrogen (secondary N) is 1. The molecule has 1 rings (SSSR count). The highest BCUT2D eigenvalue weighted by molar-refractivity contribution is 5.25. The maximum Gasteiger partial charge on any atom is 0.222 e. The summed E-state index contributed by atoms with van der Waals surface area (Å²) in [5.74, 6) is 0.679. The second kappa shape index (κ2) is 4.49. The van der Waals surface area contributed by atoms with Crippen molar-refractivity contribution >= 4 is 5.95 Å². The molecule has 0 atom stereocenters. The number of anilines is 1. The molecular weight excluding hydrogens is 150 g/mol. The van der Waals surface area contributed by atoms with E-state index in [1.54, 1.807) is 12.4 Å². The van der Waals surface area contributed by atoms with Gasteiger partial charge in [-0.2, -0.15) is 0 Å². The van der Waals surface area contributed by atoms with Gasteiger partial charge < -0.3 is 5.32 Å². The van der Waals surface area contributed by atoms with Gasteiger partial charge in [-0.25, -0.2) is 9.97 Å². The maximum absolute atomic E-state index is 4.09. The van der Waals surface area contributed by atoms with Gasteiger partial charge in [0.15, 0.2) is 0 Å². The maximum atomic E-state index is 4.09. The summed E-state index contributed by atoms with van der Waals surface area (Å²) in [6, 6.07) is 0. The van der Waals surface area contributed by atoms with Crippen LogP contribution in [0.5, 0.6) is 0 Å². The van der Waals surface area contributed by atoms with Crippen molar-refractivity contribution < 1.29 is 0 Å². The quantitative estimate of drug-likeness (QED) is 0.690. The molecule has 64 valence electrons. The van der Waals surface area contributed by atoms with Crippen molar-refractivity contribution in [1.82, 2.24) is 9.97 Å². The van der Waals surface area contributed by atoms with Crippen LogP contribution < -0.4 is 5.32 Å². The molecular formula is C9H13N3. The predicted octanol–water partition coefficient (Wildman–Crippen LogP) is 1.77. The molecule has 0 fully saturated rings. The molecule has 12 heavy (non-hydrogen) atoms. The molecule has 0 aliphatic rings. The van der Waals surface area contributed by atoms with Crippen LogP contribution >= 0.6 is 0 Å². The molecule has 0 radical (unpaired) electrons. The van der Waals surface area contributed by atoms with Crippen molar-refractivity contribution in [2.75, 3.05) is 11.9 Å². The van der Waals surface area contributed by atoms with Gasteiger partial charge in [-0.15, -0.1) is 0 Å². The fourth-order valence-electron chi connectivity index (χ4n) is 0.752. The Balaban J connectivity index is 2.47. The molecule has 3 nitrogen and oxygen atoms in total. The van der Waals surface area contributed by atoms with E-state index in [0.717, 1.165) is 12.1 Å². The average molecular weight is 163 g/mol. The number of rotatable bonds is 3. The predicted molar refractivity (Wildman–Crippen MR) is 50.1 cm³/mol.